The molecule has 0 N–H and O–H groups in total. The largest absolute Gasteiger partial charge is 0.472 e. The van der Waals surface area contributed by atoms with Gasteiger partial charge in [-0.05, 0) is 29.9 Å². The molecule has 2 heteroatoms. The van der Waals surface area contributed by atoms with Crippen molar-refractivity contribution < 1.29 is 9.21 Å². The molecule has 2 unspecified atom stereocenters. The third kappa shape index (κ3) is 2.51. The zero-order valence-electron chi connectivity index (χ0n) is 10.8. The van der Waals surface area contributed by atoms with E-state index in [1.807, 2.05) is 6.07 Å². The molecule has 2 atom stereocenters. The molecule has 1 aromatic rings. The molecule has 0 amide bonds. The summed E-state index contributed by atoms with van der Waals surface area (Å²) >= 11 is 0. The quantitative estimate of drug-likeness (QED) is 0.787. The van der Waals surface area contributed by atoms with Gasteiger partial charge >= 0.3 is 0 Å². The van der Waals surface area contributed by atoms with Gasteiger partial charge in [0.15, 0.2) is 0 Å². The molecular formula is C15H20O2. The topological polar surface area (TPSA) is 30.2 Å². The number of allylic oxidation sites excluding steroid dienone is 2. The van der Waals surface area contributed by atoms with Crippen molar-refractivity contribution in [3.63, 3.8) is 0 Å². The van der Waals surface area contributed by atoms with Gasteiger partial charge in [0.25, 0.3) is 0 Å². The zero-order chi connectivity index (χ0) is 12.4. The molecule has 1 aliphatic rings. The summed E-state index contributed by atoms with van der Waals surface area (Å²) in [4.78, 5) is 12.3. The minimum atomic E-state index is 0.0648. The molecule has 2 nitrogen and oxygen atoms in total. The number of rotatable bonds is 4. The average Bonchev–Trinajstić information content (AvgIpc) is 2.84. The van der Waals surface area contributed by atoms with Crippen molar-refractivity contribution in [3.8, 4) is 0 Å². The van der Waals surface area contributed by atoms with Crippen molar-refractivity contribution in [1.82, 2.24) is 0 Å². The SMILES string of the molecule is CC(C)CC(=O)C1C(c2ccoc2)=CCC1C. The number of ketones is 1. The summed E-state index contributed by atoms with van der Waals surface area (Å²) in [7, 11) is 0. The second kappa shape index (κ2) is 4.91. The Balaban J connectivity index is 2.19. The smallest absolute Gasteiger partial charge is 0.140 e. The van der Waals surface area contributed by atoms with E-state index < -0.39 is 0 Å². The second-order valence-corrected chi connectivity index (χ2v) is 5.43. The van der Waals surface area contributed by atoms with Crippen LogP contribution in [0.5, 0.6) is 0 Å². The first-order valence-corrected chi connectivity index (χ1v) is 6.35. The lowest BCUT2D eigenvalue weighted by atomic mass is 9.83. The number of Topliss-reactive ketones (excluding diaryl/α,β-unsaturated/α-hetero) is 1. The summed E-state index contributed by atoms with van der Waals surface area (Å²) in [5.74, 6) is 1.29. The highest BCUT2D eigenvalue weighted by Crippen LogP contribution is 2.39. The summed E-state index contributed by atoms with van der Waals surface area (Å²) in [5, 5.41) is 0. The van der Waals surface area contributed by atoms with E-state index >= 15 is 0 Å². The monoisotopic (exact) mass is 232 g/mol. The fourth-order valence-electron chi connectivity index (χ4n) is 2.63. The van der Waals surface area contributed by atoms with Crippen molar-refractivity contribution in [2.45, 2.75) is 33.6 Å². The molecule has 0 aromatic carbocycles. The zero-order valence-corrected chi connectivity index (χ0v) is 10.8. The molecule has 0 radical (unpaired) electrons. The highest BCUT2D eigenvalue weighted by molar-refractivity contribution is 5.94. The lowest BCUT2D eigenvalue weighted by Crippen LogP contribution is -2.21. The highest BCUT2D eigenvalue weighted by atomic mass is 16.3. The van der Waals surface area contributed by atoms with Crippen LogP contribution in [0.3, 0.4) is 0 Å². The first kappa shape index (κ1) is 12.2. The van der Waals surface area contributed by atoms with E-state index in [2.05, 4.69) is 26.8 Å². The molecule has 0 spiro atoms. The molecule has 0 aliphatic heterocycles. The van der Waals surface area contributed by atoms with Crippen LogP contribution in [-0.2, 0) is 4.79 Å². The molecule has 17 heavy (non-hydrogen) atoms. The average molecular weight is 232 g/mol. The number of carbonyl (C=O) groups excluding carboxylic acids is 1. The van der Waals surface area contributed by atoms with Crippen molar-refractivity contribution in [2.75, 3.05) is 0 Å². The van der Waals surface area contributed by atoms with Gasteiger partial charge in [-0.3, -0.25) is 4.79 Å². The first-order valence-electron chi connectivity index (χ1n) is 6.35. The van der Waals surface area contributed by atoms with Gasteiger partial charge < -0.3 is 4.42 Å². The lowest BCUT2D eigenvalue weighted by Gasteiger charge is -2.19. The van der Waals surface area contributed by atoms with Crippen molar-refractivity contribution >= 4 is 11.4 Å². The molecule has 2 rings (SSSR count). The Kier molecular flexibility index (Phi) is 3.51. The van der Waals surface area contributed by atoms with Gasteiger partial charge in [-0.1, -0.05) is 26.8 Å². The van der Waals surface area contributed by atoms with Crippen LogP contribution >= 0.6 is 0 Å². The Morgan fingerprint density at radius 3 is 2.88 bits per heavy atom. The predicted molar refractivity (Wildman–Crippen MR) is 68.4 cm³/mol. The molecule has 0 saturated heterocycles. The maximum absolute atomic E-state index is 12.3. The van der Waals surface area contributed by atoms with Crippen molar-refractivity contribution in [1.29, 1.82) is 0 Å². The van der Waals surface area contributed by atoms with E-state index in [1.165, 1.54) is 0 Å². The van der Waals surface area contributed by atoms with Crippen LogP contribution in [0.15, 0.2) is 29.1 Å². The van der Waals surface area contributed by atoms with Crippen LogP contribution in [0, 0.1) is 17.8 Å². The third-order valence-electron chi connectivity index (χ3n) is 3.42. The van der Waals surface area contributed by atoms with Gasteiger partial charge in [-0.15, -0.1) is 0 Å². The third-order valence-corrected chi connectivity index (χ3v) is 3.42. The Morgan fingerprint density at radius 2 is 2.29 bits per heavy atom. The molecule has 1 aliphatic carbocycles. The maximum Gasteiger partial charge on any atom is 0.140 e. The number of hydrogen-bond donors (Lipinski definition) is 0. The van der Waals surface area contributed by atoms with E-state index in [1.54, 1.807) is 12.5 Å². The highest BCUT2D eigenvalue weighted by Gasteiger charge is 2.33. The Hall–Kier alpha value is -1.31. The normalized spacial score (nSPS) is 24.1. The van der Waals surface area contributed by atoms with E-state index in [0.717, 1.165) is 17.6 Å². The summed E-state index contributed by atoms with van der Waals surface area (Å²) in [6.07, 6.45) is 7.26. The summed E-state index contributed by atoms with van der Waals surface area (Å²) < 4.78 is 5.12. The van der Waals surface area contributed by atoms with Crippen LogP contribution in [0.1, 0.15) is 39.2 Å². The van der Waals surface area contributed by atoms with Gasteiger partial charge in [-0.25, -0.2) is 0 Å². The molecule has 92 valence electrons. The standard InChI is InChI=1S/C15H20O2/c1-10(2)8-14(16)15-11(3)4-5-13(15)12-6-7-17-9-12/h5-7,9-11,15H,4,8H2,1-3H3. The van der Waals surface area contributed by atoms with Gasteiger partial charge in [0.2, 0.25) is 0 Å². The molecule has 1 heterocycles. The molecule has 1 aromatic heterocycles. The summed E-state index contributed by atoms with van der Waals surface area (Å²) in [6.45, 7) is 6.35. The van der Waals surface area contributed by atoms with Gasteiger partial charge in [0.1, 0.15) is 5.78 Å². The van der Waals surface area contributed by atoms with E-state index in [0.29, 0.717) is 24.0 Å². The minimum absolute atomic E-state index is 0.0648. The predicted octanol–water partition coefficient (Wildman–Crippen LogP) is 3.93. The maximum atomic E-state index is 12.3. The van der Waals surface area contributed by atoms with Crippen molar-refractivity contribution in [3.05, 3.63) is 30.2 Å². The number of furan rings is 1. The van der Waals surface area contributed by atoms with E-state index in [9.17, 15) is 4.79 Å². The summed E-state index contributed by atoms with van der Waals surface area (Å²) in [6, 6.07) is 1.94. The Labute approximate surface area is 103 Å². The lowest BCUT2D eigenvalue weighted by molar-refractivity contribution is -0.122. The van der Waals surface area contributed by atoms with Gasteiger partial charge in [0, 0.05) is 17.9 Å². The molecule has 0 saturated carbocycles. The fourth-order valence-corrected chi connectivity index (χ4v) is 2.63. The number of carbonyl (C=O) groups is 1. The minimum Gasteiger partial charge on any atom is -0.472 e. The van der Waals surface area contributed by atoms with Crippen LogP contribution in [-0.4, -0.2) is 5.78 Å². The van der Waals surface area contributed by atoms with Gasteiger partial charge in [0.05, 0.1) is 12.5 Å². The molecule has 0 bridgehead atoms. The van der Waals surface area contributed by atoms with Crippen LogP contribution in [0.25, 0.3) is 5.57 Å². The van der Waals surface area contributed by atoms with Gasteiger partial charge in [-0.2, -0.15) is 0 Å². The first-order chi connectivity index (χ1) is 8.09. The van der Waals surface area contributed by atoms with Crippen LogP contribution in [0.2, 0.25) is 0 Å². The Bertz CT molecular complexity index is 412. The van der Waals surface area contributed by atoms with Crippen molar-refractivity contribution in [2.24, 2.45) is 17.8 Å². The summed E-state index contributed by atoms with van der Waals surface area (Å²) in [5.41, 5.74) is 2.23. The number of hydrogen-bond acceptors (Lipinski definition) is 2. The fraction of sp³-hybridized carbons (Fsp3) is 0.533. The molecule has 0 fully saturated rings. The van der Waals surface area contributed by atoms with E-state index in [4.69, 9.17) is 4.42 Å². The molecular weight excluding hydrogens is 212 g/mol. The van der Waals surface area contributed by atoms with E-state index in [-0.39, 0.29) is 5.92 Å². The Morgan fingerprint density at radius 1 is 1.53 bits per heavy atom. The van der Waals surface area contributed by atoms with Crippen LogP contribution in [0.4, 0.5) is 0 Å². The second-order valence-electron chi connectivity index (χ2n) is 5.43. The van der Waals surface area contributed by atoms with Crippen LogP contribution < -0.4 is 0 Å².